The molecule has 8 heteroatoms. The standard InChI is InChI=1S/C8H9N5O2S/c1-4-3-16-8(10-4)13-6(9)5(11-12-13)7(14)15-2/h3H,9H2,1-2H3. The van der Waals surface area contributed by atoms with Gasteiger partial charge in [-0.2, -0.15) is 4.68 Å². The highest BCUT2D eigenvalue weighted by Crippen LogP contribution is 2.18. The van der Waals surface area contributed by atoms with E-state index in [9.17, 15) is 4.79 Å². The normalized spacial score (nSPS) is 10.4. The van der Waals surface area contributed by atoms with Crippen LogP contribution in [0.15, 0.2) is 5.38 Å². The maximum atomic E-state index is 11.2. The lowest BCUT2D eigenvalue weighted by atomic mass is 10.4. The van der Waals surface area contributed by atoms with Gasteiger partial charge in [0.1, 0.15) is 0 Å². The molecule has 0 aliphatic rings. The van der Waals surface area contributed by atoms with E-state index in [1.807, 2.05) is 12.3 Å². The number of carbonyl (C=O) groups excluding carboxylic acids is 1. The van der Waals surface area contributed by atoms with Gasteiger partial charge in [0.2, 0.25) is 10.8 Å². The second-order valence-electron chi connectivity index (χ2n) is 3.00. The molecule has 0 bridgehead atoms. The molecule has 0 atom stereocenters. The Morgan fingerprint density at radius 3 is 2.94 bits per heavy atom. The van der Waals surface area contributed by atoms with Gasteiger partial charge in [-0.25, -0.2) is 9.78 Å². The summed E-state index contributed by atoms with van der Waals surface area (Å²) in [5.74, 6) is -0.488. The van der Waals surface area contributed by atoms with Gasteiger partial charge in [-0.3, -0.25) is 0 Å². The molecule has 0 fully saturated rings. The van der Waals surface area contributed by atoms with Crippen molar-refractivity contribution >= 4 is 23.1 Å². The van der Waals surface area contributed by atoms with Crippen molar-refractivity contribution in [2.45, 2.75) is 6.92 Å². The summed E-state index contributed by atoms with van der Waals surface area (Å²) in [6.45, 7) is 1.86. The van der Waals surface area contributed by atoms with Crippen LogP contribution in [0.5, 0.6) is 0 Å². The average Bonchev–Trinajstić information content (AvgIpc) is 2.83. The fourth-order valence-corrected chi connectivity index (χ4v) is 1.87. The lowest BCUT2D eigenvalue weighted by Crippen LogP contribution is -2.07. The van der Waals surface area contributed by atoms with Crippen LogP contribution in [0.25, 0.3) is 5.13 Å². The van der Waals surface area contributed by atoms with Crippen LogP contribution < -0.4 is 5.73 Å². The van der Waals surface area contributed by atoms with Gasteiger partial charge in [-0.15, -0.1) is 16.4 Å². The molecule has 2 rings (SSSR count). The number of nitrogen functional groups attached to an aromatic ring is 1. The minimum atomic E-state index is -0.614. The molecular weight excluding hydrogens is 230 g/mol. The van der Waals surface area contributed by atoms with Crippen LogP contribution >= 0.6 is 11.3 Å². The summed E-state index contributed by atoms with van der Waals surface area (Å²) in [6.07, 6.45) is 0. The molecule has 0 amide bonds. The van der Waals surface area contributed by atoms with Gasteiger partial charge in [0.25, 0.3) is 0 Å². The van der Waals surface area contributed by atoms with Gasteiger partial charge in [-0.1, -0.05) is 5.21 Å². The minimum absolute atomic E-state index is 0.00430. The third-order valence-corrected chi connectivity index (χ3v) is 2.81. The minimum Gasteiger partial charge on any atom is -0.464 e. The van der Waals surface area contributed by atoms with Crippen molar-refractivity contribution in [2.24, 2.45) is 0 Å². The molecule has 0 aromatic carbocycles. The summed E-state index contributed by atoms with van der Waals surface area (Å²) in [4.78, 5) is 15.4. The number of nitrogens with zero attached hydrogens (tertiary/aromatic N) is 4. The molecular formula is C8H9N5O2S. The first-order chi connectivity index (χ1) is 7.63. The summed E-state index contributed by atoms with van der Waals surface area (Å²) in [5.41, 5.74) is 6.58. The number of rotatable bonds is 2. The van der Waals surface area contributed by atoms with Gasteiger partial charge in [-0.05, 0) is 6.92 Å². The Morgan fingerprint density at radius 1 is 1.62 bits per heavy atom. The number of nitrogens with two attached hydrogens (primary N) is 1. The summed E-state index contributed by atoms with van der Waals surface area (Å²) in [6, 6.07) is 0. The highest BCUT2D eigenvalue weighted by Gasteiger charge is 2.19. The first-order valence-corrected chi connectivity index (χ1v) is 5.23. The summed E-state index contributed by atoms with van der Waals surface area (Å²) < 4.78 is 5.83. The molecule has 2 aromatic heterocycles. The Balaban J connectivity index is 2.44. The van der Waals surface area contributed by atoms with E-state index in [4.69, 9.17) is 5.73 Å². The summed E-state index contributed by atoms with van der Waals surface area (Å²) >= 11 is 1.37. The predicted molar refractivity (Wildman–Crippen MR) is 57.5 cm³/mol. The summed E-state index contributed by atoms with van der Waals surface area (Å²) in [5, 5.41) is 9.83. The maximum absolute atomic E-state index is 11.2. The van der Waals surface area contributed by atoms with Crippen molar-refractivity contribution in [1.82, 2.24) is 20.0 Å². The zero-order chi connectivity index (χ0) is 11.7. The third-order valence-electron chi connectivity index (χ3n) is 1.87. The molecule has 0 saturated heterocycles. The largest absolute Gasteiger partial charge is 0.464 e. The highest BCUT2D eigenvalue weighted by atomic mass is 32.1. The van der Waals surface area contributed by atoms with Crippen molar-refractivity contribution in [2.75, 3.05) is 12.8 Å². The molecule has 0 unspecified atom stereocenters. The second kappa shape index (κ2) is 3.89. The zero-order valence-electron chi connectivity index (χ0n) is 8.67. The topological polar surface area (TPSA) is 95.9 Å². The molecule has 0 aliphatic heterocycles. The average molecular weight is 239 g/mol. The number of aryl methyl sites for hydroxylation is 1. The third kappa shape index (κ3) is 1.63. The predicted octanol–water partition coefficient (Wildman–Crippen LogP) is 0.401. The molecule has 2 aromatic rings. The Hall–Kier alpha value is -1.96. The van der Waals surface area contributed by atoms with E-state index in [2.05, 4.69) is 20.0 Å². The van der Waals surface area contributed by atoms with E-state index >= 15 is 0 Å². The van der Waals surface area contributed by atoms with Gasteiger partial charge in [0, 0.05) is 5.38 Å². The maximum Gasteiger partial charge on any atom is 0.362 e. The lowest BCUT2D eigenvalue weighted by Gasteiger charge is -1.97. The van der Waals surface area contributed by atoms with Crippen LogP contribution in [-0.4, -0.2) is 33.1 Å². The van der Waals surface area contributed by atoms with Crippen molar-refractivity contribution in [3.05, 3.63) is 16.8 Å². The molecule has 0 aliphatic carbocycles. The second-order valence-corrected chi connectivity index (χ2v) is 3.83. The van der Waals surface area contributed by atoms with Gasteiger partial charge >= 0.3 is 5.97 Å². The SMILES string of the molecule is COC(=O)c1nnn(-c2nc(C)cs2)c1N. The van der Waals surface area contributed by atoms with Crippen LogP contribution in [-0.2, 0) is 4.74 Å². The monoisotopic (exact) mass is 239 g/mol. The Bertz CT molecular complexity index is 532. The Kier molecular flexibility index (Phi) is 2.57. The first-order valence-electron chi connectivity index (χ1n) is 4.35. The van der Waals surface area contributed by atoms with E-state index in [0.717, 1.165) is 5.69 Å². The van der Waals surface area contributed by atoms with E-state index < -0.39 is 5.97 Å². The number of hydrogen-bond acceptors (Lipinski definition) is 7. The van der Waals surface area contributed by atoms with E-state index in [-0.39, 0.29) is 11.5 Å². The number of anilines is 1. The molecule has 0 radical (unpaired) electrons. The zero-order valence-corrected chi connectivity index (χ0v) is 9.48. The van der Waals surface area contributed by atoms with Gasteiger partial charge in [0.05, 0.1) is 12.8 Å². The van der Waals surface area contributed by atoms with E-state index in [0.29, 0.717) is 5.13 Å². The number of carbonyl (C=O) groups is 1. The summed E-state index contributed by atoms with van der Waals surface area (Å²) in [7, 11) is 1.26. The van der Waals surface area contributed by atoms with Gasteiger partial charge in [0.15, 0.2) is 5.82 Å². The number of thiazole rings is 1. The Morgan fingerprint density at radius 2 is 2.38 bits per heavy atom. The van der Waals surface area contributed by atoms with Crippen molar-refractivity contribution in [3.63, 3.8) is 0 Å². The van der Waals surface area contributed by atoms with E-state index in [1.165, 1.54) is 23.1 Å². The van der Waals surface area contributed by atoms with Crippen LogP contribution in [0.3, 0.4) is 0 Å². The fourth-order valence-electron chi connectivity index (χ4n) is 1.11. The highest BCUT2D eigenvalue weighted by molar-refractivity contribution is 7.12. The molecule has 84 valence electrons. The number of methoxy groups -OCH3 is 1. The molecule has 7 nitrogen and oxygen atoms in total. The molecule has 16 heavy (non-hydrogen) atoms. The molecule has 0 spiro atoms. The fraction of sp³-hybridized carbons (Fsp3) is 0.250. The number of ether oxygens (including phenoxy) is 1. The van der Waals surface area contributed by atoms with Crippen molar-refractivity contribution in [3.8, 4) is 5.13 Å². The quantitative estimate of drug-likeness (QED) is 0.762. The van der Waals surface area contributed by atoms with Crippen molar-refractivity contribution in [1.29, 1.82) is 0 Å². The Labute approximate surface area is 94.9 Å². The number of hydrogen-bond donors (Lipinski definition) is 1. The van der Waals surface area contributed by atoms with E-state index in [1.54, 1.807) is 0 Å². The molecule has 0 saturated carbocycles. The van der Waals surface area contributed by atoms with Crippen LogP contribution in [0.2, 0.25) is 0 Å². The van der Waals surface area contributed by atoms with Crippen molar-refractivity contribution < 1.29 is 9.53 Å². The molecule has 2 heterocycles. The number of aromatic nitrogens is 4. The van der Waals surface area contributed by atoms with Crippen LogP contribution in [0.1, 0.15) is 16.2 Å². The first kappa shape index (κ1) is 10.6. The molecule has 2 N–H and O–H groups in total. The smallest absolute Gasteiger partial charge is 0.362 e. The van der Waals surface area contributed by atoms with Crippen LogP contribution in [0.4, 0.5) is 5.82 Å². The lowest BCUT2D eigenvalue weighted by molar-refractivity contribution is 0.0595. The number of esters is 1. The van der Waals surface area contributed by atoms with Crippen LogP contribution in [0, 0.1) is 6.92 Å². The van der Waals surface area contributed by atoms with Gasteiger partial charge < -0.3 is 10.5 Å².